The number of benzene rings is 1. The lowest BCUT2D eigenvalue weighted by Crippen LogP contribution is -2.47. The summed E-state index contributed by atoms with van der Waals surface area (Å²) in [5.41, 5.74) is 0.913. The summed E-state index contributed by atoms with van der Waals surface area (Å²) in [6, 6.07) is 5.27. The molecule has 0 aromatic heterocycles. The molecule has 1 aromatic rings. The quantitative estimate of drug-likeness (QED) is 0.931. The van der Waals surface area contributed by atoms with Crippen molar-refractivity contribution in [3.63, 3.8) is 0 Å². The van der Waals surface area contributed by atoms with Crippen molar-refractivity contribution in [3.05, 3.63) is 34.6 Å². The molecule has 2 heterocycles. The molecule has 0 amide bonds. The zero-order valence-corrected chi connectivity index (χ0v) is 12.1. The van der Waals surface area contributed by atoms with Crippen LogP contribution in [0.3, 0.4) is 0 Å². The summed E-state index contributed by atoms with van der Waals surface area (Å²) in [5.74, 6) is -0.372. The van der Waals surface area contributed by atoms with E-state index in [2.05, 4.69) is 5.32 Å². The molecular formula is C15H19ClFNO2. The van der Waals surface area contributed by atoms with E-state index < -0.39 is 0 Å². The van der Waals surface area contributed by atoms with Gasteiger partial charge in [0.05, 0.1) is 17.2 Å². The zero-order valence-electron chi connectivity index (χ0n) is 11.3. The van der Waals surface area contributed by atoms with Crippen molar-refractivity contribution in [3.8, 4) is 0 Å². The molecule has 0 saturated carbocycles. The van der Waals surface area contributed by atoms with E-state index in [9.17, 15) is 4.39 Å². The second-order valence-corrected chi connectivity index (χ2v) is 6.06. The third-order valence-electron chi connectivity index (χ3n) is 4.14. The van der Waals surface area contributed by atoms with Crippen molar-refractivity contribution >= 4 is 11.6 Å². The topological polar surface area (TPSA) is 30.5 Å². The van der Waals surface area contributed by atoms with Gasteiger partial charge in [0.25, 0.3) is 0 Å². The Labute approximate surface area is 123 Å². The van der Waals surface area contributed by atoms with Crippen LogP contribution in [-0.4, -0.2) is 31.5 Å². The van der Waals surface area contributed by atoms with Crippen LogP contribution in [0.25, 0.3) is 0 Å². The Morgan fingerprint density at radius 1 is 1.40 bits per heavy atom. The largest absolute Gasteiger partial charge is 0.378 e. The van der Waals surface area contributed by atoms with Crippen molar-refractivity contribution in [2.45, 2.75) is 37.5 Å². The molecule has 1 N–H and O–H groups in total. The molecule has 20 heavy (non-hydrogen) atoms. The molecule has 5 heteroatoms. The van der Waals surface area contributed by atoms with Crippen LogP contribution in [0.5, 0.6) is 0 Å². The molecule has 2 atom stereocenters. The van der Waals surface area contributed by atoms with Crippen molar-refractivity contribution < 1.29 is 13.9 Å². The molecule has 1 aromatic carbocycles. The Kier molecular flexibility index (Phi) is 4.26. The lowest BCUT2D eigenvalue weighted by molar-refractivity contribution is -0.0894. The summed E-state index contributed by atoms with van der Waals surface area (Å²) in [7, 11) is 0. The molecule has 2 saturated heterocycles. The van der Waals surface area contributed by atoms with Crippen LogP contribution >= 0.6 is 11.6 Å². The standard InChI is InChI=1S/C15H19ClFNO2/c16-13-7-11(1-2-14(13)17)9-18-12-3-5-20-15(8-12)4-6-19-10-15/h1-2,7,12,18H,3-6,8-10H2. The number of halogens is 2. The van der Waals surface area contributed by atoms with Crippen molar-refractivity contribution in [1.82, 2.24) is 5.32 Å². The highest BCUT2D eigenvalue weighted by atomic mass is 35.5. The van der Waals surface area contributed by atoms with Crippen LogP contribution in [0.15, 0.2) is 18.2 Å². The maximum Gasteiger partial charge on any atom is 0.141 e. The minimum absolute atomic E-state index is 0.0869. The predicted octanol–water partition coefficient (Wildman–Crippen LogP) is 2.91. The van der Waals surface area contributed by atoms with Crippen molar-refractivity contribution in [2.75, 3.05) is 19.8 Å². The second kappa shape index (κ2) is 5.98. The van der Waals surface area contributed by atoms with Gasteiger partial charge in [-0.2, -0.15) is 0 Å². The molecular weight excluding hydrogens is 281 g/mol. The molecule has 2 unspecified atom stereocenters. The van der Waals surface area contributed by atoms with Crippen LogP contribution < -0.4 is 5.32 Å². The van der Waals surface area contributed by atoms with E-state index in [1.165, 1.54) is 6.07 Å². The van der Waals surface area contributed by atoms with E-state index in [1.807, 2.05) is 0 Å². The smallest absolute Gasteiger partial charge is 0.141 e. The highest BCUT2D eigenvalue weighted by Gasteiger charge is 2.40. The van der Waals surface area contributed by atoms with Gasteiger partial charge in [0.2, 0.25) is 0 Å². The zero-order chi connectivity index (χ0) is 14.0. The SMILES string of the molecule is Fc1ccc(CNC2CCOC3(CCOC3)C2)cc1Cl. The first-order chi connectivity index (χ1) is 9.67. The maximum atomic E-state index is 13.1. The van der Waals surface area contributed by atoms with Crippen LogP contribution in [0.1, 0.15) is 24.8 Å². The molecule has 110 valence electrons. The normalized spacial score (nSPS) is 30.0. The number of hydrogen-bond donors (Lipinski definition) is 1. The summed E-state index contributed by atoms with van der Waals surface area (Å²) in [6.07, 6.45) is 2.95. The average molecular weight is 300 g/mol. The fourth-order valence-corrected chi connectivity index (χ4v) is 3.18. The van der Waals surface area contributed by atoms with Gasteiger partial charge in [-0.25, -0.2) is 4.39 Å². The van der Waals surface area contributed by atoms with E-state index in [0.29, 0.717) is 19.2 Å². The molecule has 0 aliphatic carbocycles. The Morgan fingerprint density at radius 2 is 2.30 bits per heavy atom. The van der Waals surface area contributed by atoms with Crippen LogP contribution in [-0.2, 0) is 16.0 Å². The molecule has 2 fully saturated rings. The number of hydrogen-bond acceptors (Lipinski definition) is 3. The molecule has 2 aliphatic heterocycles. The highest BCUT2D eigenvalue weighted by Crippen LogP contribution is 2.32. The Morgan fingerprint density at radius 3 is 3.05 bits per heavy atom. The van der Waals surface area contributed by atoms with Crippen LogP contribution in [0, 0.1) is 5.82 Å². The Bertz CT molecular complexity index is 477. The lowest BCUT2D eigenvalue weighted by atomic mass is 9.89. The third kappa shape index (κ3) is 3.14. The third-order valence-corrected chi connectivity index (χ3v) is 4.43. The van der Waals surface area contributed by atoms with E-state index in [1.54, 1.807) is 12.1 Å². The summed E-state index contributed by atoms with van der Waals surface area (Å²) in [4.78, 5) is 0. The summed E-state index contributed by atoms with van der Waals surface area (Å²) < 4.78 is 24.5. The first-order valence-corrected chi connectivity index (χ1v) is 7.44. The molecule has 1 spiro atoms. The van der Waals surface area contributed by atoms with Gasteiger partial charge >= 0.3 is 0 Å². The fraction of sp³-hybridized carbons (Fsp3) is 0.600. The van der Waals surface area contributed by atoms with Gasteiger partial charge in [0.1, 0.15) is 5.82 Å². The number of nitrogens with one attached hydrogen (secondary N) is 1. The minimum Gasteiger partial charge on any atom is -0.378 e. The van der Waals surface area contributed by atoms with Crippen molar-refractivity contribution in [1.29, 1.82) is 0 Å². The number of rotatable bonds is 3. The molecule has 3 rings (SSSR count). The second-order valence-electron chi connectivity index (χ2n) is 5.65. The van der Waals surface area contributed by atoms with Crippen molar-refractivity contribution in [2.24, 2.45) is 0 Å². The maximum absolute atomic E-state index is 13.1. The van der Waals surface area contributed by atoms with Crippen LogP contribution in [0.4, 0.5) is 4.39 Å². The molecule has 0 bridgehead atoms. The van der Waals surface area contributed by atoms with Gasteiger partial charge in [0, 0.05) is 32.2 Å². The summed E-state index contributed by atoms with van der Waals surface area (Å²) in [6.45, 7) is 2.96. The monoisotopic (exact) mass is 299 g/mol. The first-order valence-electron chi connectivity index (χ1n) is 7.06. The predicted molar refractivity (Wildman–Crippen MR) is 75.4 cm³/mol. The van der Waals surface area contributed by atoms with Gasteiger partial charge in [-0.1, -0.05) is 17.7 Å². The summed E-state index contributed by atoms with van der Waals surface area (Å²) in [5, 5.41) is 3.70. The summed E-state index contributed by atoms with van der Waals surface area (Å²) >= 11 is 5.79. The average Bonchev–Trinajstić information content (AvgIpc) is 2.88. The molecule has 2 aliphatic rings. The Balaban J connectivity index is 1.56. The fourth-order valence-electron chi connectivity index (χ4n) is 2.98. The van der Waals surface area contributed by atoms with E-state index in [0.717, 1.165) is 38.0 Å². The van der Waals surface area contributed by atoms with Gasteiger partial charge in [-0.3, -0.25) is 0 Å². The van der Waals surface area contributed by atoms with E-state index in [-0.39, 0.29) is 16.4 Å². The number of ether oxygens (including phenoxy) is 2. The van der Waals surface area contributed by atoms with E-state index >= 15 is 0 Å². The van der Waals surface area contributed by atoms with Gasteiger partial charge < -0.3 is 14.8 Å². The highest BCUT2D eigenvalue weighted by molar-refractivity contribution is 6.30. The minimum atomic E-state index is -0.372. The lowest BCUT2D eigenvalue weighted by Gasteiger charge is -2.37. The Hall–Kier alpha value is -0.680. The van der Waals surface area contributed by atoms with Gasteiger partial charge in [0.15, 0.2) is 0 Å². The van der Waals surface area contributed by atoms with Gasteiger partial charge in [-0.15, -0.1) is 0 Å². The van der Waals surface area contributed by atoms with Crippen LogP contribution in [0.2, 0.25) is 5.02 Å². The first kappa shape index (κ1) is 14.3. The van der Waals surface area contributed by atoms with Gasteiger partial charge in [-0.05, 0) is 30.5 Å². The molecule has 0 radical (unpaired) electrons. The molecule has 3 nitrogen and oxygen atoms in total. The van der Waals surface area contributed by atoms with E-state index in [4.69, 9.17) is 21.1 Å².